The van der Waals surface area contributed by atoms with Gasteiger partial charge in [-0.15, -0.1) is 0 Å². The van der Waals surface area contributed by atoms with Gasteiger partial charge in [-0.05, 0) is 24.1 Å². The number of halogens is 2. The molecule has 1 aromatic heterocycles. The third kappa shape index (κ3) is 4.95. The van der Waals surface area contributed by atoms with E-state index in [1.807, 2.05) is 0 Å². The van der Waals surface area contributed by atoms with Gasteiger partial charge >= 0.3 is 5.97 Å². The highest BCUT2D eigenvalue weighted by Gasteiger charge is 2.29. The number of benzene rings is 2. The number of hydrogen-bond acceptors (Lipinski definition) is 5. The zero-order chi connectivity index (χ0) is 21.0. The van der Waals surface area contributed by atoms with Gasteiger partial charge in [0.15, 0.2) is 6.10 Å². The predicted molar refractivity (Wildman–Crippen MR) is 107 cm³/mol. The molecule has 0 fully saturated rings. The minimum Gasteiger partial charge on any atom is -0.479 e. The molecule has 3 rings (SSSR count). The Bertz CT molecular complexity index is 1040. The van der Waals surface area contributed by atoms with Crippen molar-refractivity contribution in [3.63, 3.8) is 0 Å². The Morgan fingerprint density at radius 2 is 1.72 bits per heavy atom. The molecule has 3 N–H and O–H groups in total. The van der Waals surface area contributed by atoms with Crippen molar-refractivity contribution in [3.8, 4) is 11.3 Å². The summed E-state index contributed by atoms with van der Waals surface area (Å²) in [5, 5.41) is 26.4. The van der Waals surface area contributed by atoms with E-state index in [4.69, 9.17) is 27.7 Å². The smallest absolute Gasteiger partial charge is 0.334 e. The molecule has 0 radical (unpaired) electrons. The number of hydrogen-bond donors (Lipinski definition) is 3. The van der Waals surface area contributed by atoms with Crippen molar-refractivity contribution in [3.05, 3.63) is 76.0 Å². The van der Waals surface area contributed by atoms with E-state index in [1.54, 1.807) is 48.5 Å². The lowest BCUT2D eigenvalue weighted by molar-refractivity contribution is -0.148. The molecule has 0 aliphatic carbocycles. The summed E-state index contributed by atoms with van der Waals surface area (Å²) in [6.07, 6.45) is -1.84. The Balaban J connectivity index is 1.81. The highest BCUT2D eigenvalue weighted by Crippen LogP contribution is 2.27. The van der Waals surface area contributed by atoms with E-state index in [0.29, 0.717) is 26.9 Å². The van der Waals surface area contributed by atoms with Gasteiger partial charge in [-0.3, -0.25) is 4.79 Å². The fraction of sp³-hybridized carbons (Fsp3) is 0.150. The average molecular weight is 435 g/mol. The number of carbonyl (C=O) groups is 2. The van der Waals surface area contributed by atoms with Crippen LogP contribution in [-0.2, 0) is 11.2 Å². The first kappa shape index (κ1) is 20.9. The molecule has 2 unspecified atom stereocenters. The molecule has 0 aliphatic rings. The summed E-state index contributed by atoms with van der Waals surface area (Å²) in [4.78, 5) is 23.8. The molecule has 1 heterocycles. The Morgan fingerprint density at radius 3 is 2.38 bits per heavy atom. The molecule has 9 heteroatoms. The van der Waals surface area contributed by atoms with Crippen molar-refractivity contribution in [1.29, 1.82) is 0 Å². The fourth-order valence-electron chi connectivity index (χ4n) is 2.73. The van der Waals surface area contributed by atoms with Gasteiger partial charge in [-0.2, -0.15) is 0 Å². The summed E-state index contributed by atoms with van der Waals surface area (Å²) < 4.78 is 5.08. The maximum absolute atomic E-state index is 12.6. The highest BCUT2D eigenvalue weighted by atomic mass is 35.5. The third-order valence-corrected chi connectivity index (χ3v) is 4.93. The number of amides is 1. The zero-order valence-corrected chi connectivity index (χ0v) is 16.4. The molecule has 0 saturated heterocycles. The van der Waals surface area contributed by atoms with E-state index in [2.05, 4.69) is 10.5 Å². The van der Waals surface area contributed by atoms with E-state index < -0.39 is 24.0 Å². The Hall–Kier alpha value is -2.87. The first-order valence-corrected chi connectivity index (χ1v) is 9.29. The lowest BCUT2D eigenvalue weighted by Gasteiger charge is -2.21. The molecule has 0 aliphatic heterocycles. The molecule has 2 aromatic carbocycles. The summed E-state index contributed by atoms with van der Waals surface area (Å²) in [7, 11) is 0. The van der Waals surface area contributed by atoms with E-state index in [0.717, 1.165) is 0 Å². The molecule has 150 valence electrons. The van der Waals surface area contributed by atoms with Crippen LogP contribution in [0.3, 0.4) is 0 Å². The van der Waals surface area contributed by atoms with Crippen LogP contribution in [0.15, 0.2) is 59.1 Å². The van der Waals surface area contributed by atoms with E-state index in [9.17, 15) is 19.8 Å². The zero-order valence-electron chi connectivity index (χ0n) is 14.9. The van der Waals surface area contributed by atoms with Crippen molar-refractivity contribution in [1.82, 2.24) is 10.5 Å². The van der Waals surface area contributed by atoms with E-state index in [-0.39, 0.29) is 12.2 Å². The summed E-state index contributed by atoms with van der Waals surface area (Å²) in [6, 6.07) is 13.9. The first-order chi connectivity index (χ1) is 13.9. The standard InChI is InChI=1S/C20H16Cl2N2O5/c21-13-7-3-1-5-11(13)9-16(18(25)20(27)28)23-19(26)17-10-15(24-29-17)12-6-2-4-8-14(12)22/h1-8,10,16,18,25H,9H2,(H,23,26)(H,27,28). The molecule has 0 spiro atoms. The van der Waals surface area contributed by atoms with Gasteiger partial charge in [-0.1, -0.05) is 64.8 Å². The van der Waals surface area contributed by atoms with Crippen LogP contribution < -0.4 is 5.32 Å². The maximum atomic E-state index is 12.6. The Morgan fingerprint density at radius 1 is 1.07 bits per heavy atom. The monoisotopic (exact) mass is 434 g/mol. The number of aromatic nitrogens is 1. The lowest BCUT2D eigenvalue weighted by atomic mass is 10.0. The molecule has 3 aromatic rings. The second kappa shape index (κ2) is 9.09. The van der Waals surface area contributed by atoms with Crippen LogP contribution in [0.1, 0.15) is 16.1 Å². The largest absolute Gasteiger partial charge is 0.479 e. The van der Waals surface area contributed by atoms with Gasteiger partial charge in [0, 0.05) is 16.7 Å². The van der Waals surface area contributed by atoms with Gasteiger partial charge < -0.3 is 20.1 Å². The van der Waals surface area contributed by atoms with Crippen LogP contribution in [0.25, 0.3) is 11.3 Å². The summed E-state index contributed by atoms with van der Waals surface area (Å²) >= 11 is 12.2. The number of carbonyl (C=O) groups excluding carboxylic acids is 1. The number of carboxylic acid groups (broad SMARTS) is 1. The number of rotatable bonds is 7. The number of aliphatic hydroxyl groups is 1. The lowest BCUT2D eigenvalue weighted by Crippen LogP contribution is -2.48. The second-order valence-electron chi connectivity index (χ2n) is 6.21. The maximum Gasteiger partial charge on any atom is 0.334 e. The van der Waals surface area contributed by atoms with Crippen molar-refractivity contribution in [2.24, 2.45) is 0 Å². The number of aliphatic hydroxyl groups excluding tert-OH is 1. The summed E-state index contributed by atoms with van der Waals surface area (Å²) in [5.74, 6) is -2.36. The van der Waals surface area contributed by atoms with Crippen molar-refractivity contribution < 1.29 is 24.3 Å². The number of nitrogens with one attached hydrogen (secondary N) is 1. The highest BCUT2D eigenvalue weighted by molar-refractivity contribution is 6.33. The van der Waals surface area contributed by atoms with Gasteiger partial charge in [0.25, 0.3) is 5.91 Å². The van der Waals surface area contributed by atoms with Gasteiger partial charge in [0.1, 0.15) is 5.69 Å². The number of aliphatic carboxylic acids is 1. The molecule has 1 amide bonds. The van der Waals surface area contributed by atoms with Crippen LogP contribution in [-0.4, -0.2) is 39.4 Å². The molecule has 29 heavy (non-hydrogen) atoms. The minimum absolute atomic E-state index is 0.00435. The SMILES string of the molecule is O=C(NC(Cc1ccccc1Cl)C(O)C(=O)O)c1cc(-c2ccccc2Cl)no1. The predicted octanol–water partition coefficient (Wildman–Crippen LogP) is 3.44. The van der Waals surface area contributed by atoms with Crippen LogP contribution in [0, 0.1) is 0 Å². The quantitative estimate of drug-likeness (QED) is 0.524. The second-order valence-corrected chi connectivity index (χ2v) is 7.03. The normalized spacial score (nSPS) is 12.9. The van der Waals surface area contributed by atoms with Crippen LogP contribution in [0.4, 0.5) is 0 Å². The Labute approximate surface area is 175 Å². The molecule has 7 nitrogen and oxygen atoms in total. The fourth-order valence-corrected chi connectivity index (χ4v) is 3.18. The van der Waals surface area contributed by atoms with Crippen molar-refractivity contribution in [2.45, 2.75) is 18.6 Å². The molecule has 0 bridgehead atoms. The number of carboxylic acids is 1. The molecule has 2 atom stereocenters. The van der Waals surface area contributed by atoms with E-state index in [1.165, 1.54) is 6.07 Å². The van der Waals surface area contributed by atoms with Crippen molar-refractivity contribution >= 4 is 35.1 Å². The van der Waals surface area contributed by atoms with Crippen molar-refractivity contribution in [2.75, 3.05) is 0 Å². The molecule has 0 saturated carbocycles. The summed E-state index contributed by atoms with van der Waals surface area (Å²) in [6.45, 7) is 0. The average Bonchev–Trinajstić information content (AvgIpc) is 3.19. The van der Waals surface area contributed by atoms with Gasteiger partial charge in [0.05, 0.1) is 11.1 Å². The van der Waals surface area contributed by atoms with Crippen LogP contribution in [0.2, 0.25) is 10.0 Å². The third-order valence-electron chi connectivity index (χ3n) is 4.23. The minimum atomic E-state index is -1.85. The van der Waals surface area contributed by atoms with Gasteiger partial charge in [-0.25, -0.2) is 4.79 Å². The topological polar surface area (TPSA) is 113 Å². The number of nitrogens with zero attached hydrogens (tertiary/aromatic N) is 1. The molecular formula is C20H16Cl2N2O5. The van der Waals surface area contributed by atoms with E-state index >= 15 is 0 Å². The molecular weight excluding hydrogens is 419 g/mol. The van der Waals surface area contributed by atoms with Crippen LogP contribution >= 0.6 is 23.2 Å². The summed E-state index contributed by atoms with van der Waals surface area (Å²) in [5.41, 5.74) is 1.51. The van der Waals surface area contributed by atoms with Crippen LogP contribution in [0.5, 0.6) is 0 Å². The van der Waals surface area contributed by atoms with Gasteiger partial charge in [0.2, 0.25) is 5.76 Å². The first-order valence-electron chi connectivity index (χ1n) is 8.53. The Kier molecular flexibility index (Phi) is 6.53.